The molecule has 0 bridgehead atoms. The number of alkyl halides is 1. The summed E-state index contributed by atoms with van der Waals surface area (Å²) >= 11 is 6.74. The fourth-order valence-corrected chi connectivity index (χ4v) is 2.81. The monoisotopic (exact) mass is 356 g/mol. The molecule has 1 atom stereocenters. The molecule has 1 aromatic carbocycles. The second-order valence-corrected chi connectivity index (χ2v) is 5.89. The number of nitriles is 1. The number of halogens is 2. The van der Waals surface area contributed by atoms with Gasteiger partial charge in [0, 0.05) is 11.0 Å². The third-order valence-electron chi connectivity index (χ3n) is 2.74. The van der Waals surface area contributed by atoms with Crippen molar-refractivity contribution in [3.63, 3.8) is 0 Å². The maximum absolute atomic E-state index is 12.1. The van der Waals surface area contributed by atoms with Crippen molar-refractivity contribution in [2.75, 3.05) is 11.4 Å². The molecule has 1 amide bonds. The molecule has 1 heterocycles. The van der Waals surface area contributed by atoms with Crippen LogP contribution in [-0.2, 0) is 4.79 Å². The third kappa shape index (κ3) is 2.53. The molecular formula is C12H10Br2N2O. The van der Waals surface area contributed by atoms with E-state index >= 15 is 0 Å². The van der Waals surface area contributed by atoms with Crippen LogP contribution in [0, 0.1) is 11.3 Å². The predicted octanol–water partition coefficient (Wildman–Crippen LogP) is 3.21. The van der Waals surface area contributed by atoms with Crippen LogP contribution in [0.4, 0.5) is 5.69 Å². The van der Waals surface area contributed by atoms with Gasteiger partial charge in [0.25, 0.3) is 0 Å². The molecule has 1 unspecified atom stereocenters. The van der Waals surface area contributed by atoms with Crippen molar-refractivity contribution < 1.29 is 4.79 Å². The highest BCUT2D eigenvalue weighted by Crippen LogP contribution is 2.29. The second kappa shape index (κ2) is 5.19. The average Bonchev–Trinajstić information content (AvgIpc) is 2.33. The van der Waals surface area contributed by atoms with Gasteiger partial charge >= 0.3 is 0 Å². The molecule has 88 valence electrons. The third-order valence-corrected chi connectivity index (χ3v) is 4.09. The van der Waals surface area contributed by atoms with E-state index in [1.54, 1.807) is 11.0 Å². The van der Waals surface area contributed by atoms with Crippen LogP contribution in [0.25, 0.3) is 0 Å². The Morgan fingerprint density at radius 3 is 2.94 bits per heavy atom. The Hall–Kier alpha value is -0.860. The lowest BCUT2D eigenvalue weighted by molar-refractivity contribution is -0.118. The van der Waals surface area contributed by atoms with E-state index in [1.807, 2.05) is 12.1 Å². The van der Waals surface area contributed by atoms with Gasteiger partial charge in [0.05, 0.1) is 16.1 Å². The molecule has 5 heteroatoms. The van der Waals surface area contributed by atoms with Gasteiger partial charge in [-0.3, -0.25) is 4.79 Å². The number of nitrogens with zero attached hydrogens (tertiary/aromatic N) is 2. The molecule has 1 fully saturated rings. The minimum atomic E-state index is -0.137. The normalized spacial score (nSPS) is 20.2. The maximum atomic E-state index is 12.1. The summed E-state index contributed by atoms with van der Waals surface area (Å²) in [4.78, 5) is 13.6. The van der Waals surface area contributed by atoms with E-state index in [2.05, 4.69) is 37.9 Å². The highest BCUT2D eigenvalue weighted by atomic mass is 79.9. The SMILES string of the molecule is N#Cc1ccc(Br)cc1N1CCCC(Br)C1=O. The van der Waals surface area contributed by atoms with Crippen LogP contribution in [-0.4, -0.2) is 17.3 Å². The van der Waals surface area contributed by atoms with Crippen LogP contribution in [0.2, 0.25) is 0 Å². The van der Waals surface area contributed by atoms with Gasteiger partial charge < -0.3 is 4.90 Å². The smallest absolute Gasteiger partial charge is 0.240 e. The standard InChI is InChI=1S/C12H10Br2N2O/c13-9-4-3-8(7-15)11(6-9)16-5-1-2-10(14)12(16)17/h3-4,6,10H,1-2,5H2. The van der Waals surface area contributed by atoms with Gasteiger partial charge in [-0.1, -0.05) is 31.9 Å². The Morgan fingerprint density at radius 1 is 1.47 bits per heavy atom. The maximum Gasteiger partial charge on any atom is 0.240 e. The number of piperidine rings is 1. The number of hydrogen-bond acceptors (Lipinski definition) is 2. The van der Waals surface area contributed by atoms with E-state index in [4.69, 9.17) is 5.26 Å². The highest BCUT2D eigenvalue weighted by Gasteiger charge is 2.28. The molecule has 0 N–H and O–H groups in total. The van der Waals surface area contributed by atoms with Crippen molar-refractivity contribution in [2.24, 2.45) is 0 Å². The Bertz CT molecular complexity index is 496. The summed E-state index contributed by atoms with van der Waals surface area (Å²) in [6.45, 7) is 0.673. The molecular weight excluding hydrogens is 348 g/mol. The largest absolute Gasteiger partial charge is 0.310 e. The zero-order chi connectivity index (χ0) is 12.4. The van der Waals surface area contributed by atoms with Crippen LogP contribution in [0.15, 0.2) is 22.7 Å². The van der Waals surface area contributed by atoms with Gasteiger partial charge in [0.2, 0.25) is 5.91 Å². The quantitative estimate of drug-likeness (QED) is 0.724. The number of rotatable bonds is 1. The number of benzene rings is 1. The Balaban J connectivity index is 2.42. The Labute approximate surface area is 117 Å². The van der Waals surface area contributed by atoms with Gasteiger partial charge in [-0.2, -0.15) is 5.26 Å². The first-order valence-corrected chi connectivity index (χ1v) is 6.99. The van der Waals surface area contributed by atoms with Gasteiger partial charge in [-0.15, -0.1) is 0 Å². The first-order valence-electron chi connectivity index (χ1n) is 5.28. The number of anilines is 1. The summed E-state index contributed by atoms with van der Waals surface area (Å²) in [6, 6.07) is 7.48. The van der Waals surface area contributed by atoms with Crippen LogP contribution in [0.5, 0.6) is 0 Å². The summed E-state index contributed by atoms with van der Waals surface area (Å²) in [5.74, 6) is 0.0332. The molecule has 0 radical (unpaired) electrons. The lowest BCUT2D eigenvalue weighted by atomic mass is 10.1. The van der Waals surface area contributed by atoms with Gasteiger partial charge in [-0.05, 0) is 31.0 Å². The van der Waals surface area contributed by atoms with E-state index in [-0.39, 0.29) is 10.7 Å². The fourth-order valence-electron chi connectivity index (χ4n) is 1.89. The van der Waals surface area contributed by atoms with Crippen molar-refractivity contribution in [3.05, 3.63) is 28.2 Å². The van der Waals surface area contributed by atoms with E-state index in [1.165, 1.54) is 0 Å². The summed E-state index contributed by atoms with van der Waals surface area (Å²) in [7, 11) is 0. The zero-order valence-corrected chi connectivity index (χ0v) is 12.2. The van der Waals surface area contributed by atoms with E-state index in [0.29, 0.717) is 17.8 Å². The van der Waals surface area contributed by atoms with Crippen molar-refractivity contribution in [1.29, 1.82) is 5.26 Å². The molecule has 0 aromatic heterocycles. The van der Waals surface area contributed by atoms with Crippen LogP contribution in [0.1, 0.15) is 18.4 Å². The molecule has 17 heavy (non-hydrogen) atoms. The molecule has 1 aliphatic heterocycles. The molecule has 1 aliphatic rings. The molecule has 0 saturated carbocycles. The van der Waals surface area contributed by atoms with Gasteiger partial charge in [0.1, 0.15) is 6.07 Å². The minimum absolute atomic E-state index is 0.0332. The number of carbonyl (C=O) groups excluding carboxylic acids is 1. The molecule has 1 aromatic rings. The van der Waals surface area contributed by atoms with Crippen molar-refractivity contribution in [3.8, 4) is 6.07 Å². The van der Waals surface area contributed by atoms with Crippen LogP contribution in [0.3, 0.4) is 0 Å². The van der Waals surface area contributed by atoms with Crippen LogP contribution < -0.4 is 4.90 Å². The lowest BCUT2D eigenvalue weighted by Gasteiger charge is -2.30. The van der Waals surface area contributed by atoms with Gasteiger partial charge in [-0.25, -0.2) is 0 Å². The summed E-state index contributed by atoms with van der Waals surface area (Å²) in [5.41, 5.74) is 1.22. The zero-order valence-electron chi connectivity index (χ0n) is 8.99. The van der Waals surface area contributed by atoms with Crippen LogP contribution >= 0.6 is 31.9 Å². The lowest BCUT2D eigenvalue weighted by Crippen LogP contribution is -2.42. The fraction of sp³-hybridized carbons (Fsp3) is 0.333. The summed E-state index contributed by atoms with van der Waals surface area (Å²) < 4.78 is 0.871. The van der Waals surface area contributed by atoms with Crippen molar-refractivity contribution in [1.82, 2.24) is 0 Å². The first-order chi connectivity index (χ1) is 8.13. The predicted molar refractivity (Wildman–Crippen MR) is 73.2 cm³/mol. The highest BCUT2D eigenvalue weighted by molar-refractivity contribution is 9.10. The molecule has 0 spiro atoms. The molecule has 1 saturated heterocycles. The van der Waals surface area contributed by atoms with E-state index < -0.39 is 0 Å². The topological polar surface area (TPSA) is 44.1 Å². The molecule has 2 rings (SSSR count). The van der Waals surface area contributed by atoms with Crippen molar-refractivity contribution >= 4 is 43.5 Å². The minimum Gasteiger partial charge on any atom is -0.310 e. The second-order valence-electron chi connectivity index (χ2n) is 3.87. The van der Waals surface area contributed by atoms with Crippen molar-refractivity contribution in [2.45, 2.75) is 17.7 Å². The Morgan fingerprint density at radius 2 is 2.24 bits per heavy atom. The van der Waals surface area contributed by atoms with E-state index in [9.17, 15) is 4.79 Å². The van der Waals surface area contributed by atoms with E-state index in [0.717, 1.165) is 17.3 Å². The number of carbonyl (C=O) groups is 1. The molecule has 3 nitrogen and oxygen atoms in total. The number of hydrogen-bond donors (Lipinski definition) is 0. The van der Waals surface area contributed by atoms with Gasteiger partial charge in [0.15, 0.2) is 0 Å². The summed E-state index contributed by atoms with van der Waals surface area (Å²) in [5, 5.41) is 9.08. The number of amides is 1. The average molecular weight is 358 g/mol. The Kier molecular flexibility index (Phi) is 3.85. The summed E-state index contributed by atoms with van der Waals surface area (Å²) in [6.07, 6.45) is 1.80. The first kappa shape index (κ1) is 12.6. The molecule has 0 aliphatic carbocycles.